The van der Waals surface area contributed by atoms with Gasteiger partial charge in [0.2, 0.25) is 0 Å². The molecular formula is C15H17NO3. The molecular weight excluding hydrogens is 242 g/mol. The van der Waals surface area contributed by atoms with Gasteiger partial charge in [0.25, 0.3) is 5.91 Å². The van der Waals surface area contributed by atoms with E-state index in [0.717, 1.165) is 16.5 Å². The lowest BCUT2D eigenvalue weighted by molar-refractivity contribution is -0.126. The predicted molar refractivity (Wildman–Crippen MR) is 73.9 cm³/mol. The van der Waals surface area contributed by atoms with E-state index < -0.39 is 12.0 Å². The number of carbonyl (C=O) groups excluding carboxylic acids is 1. The van der Waals surface area contributed by atoms with Gasteiger partial charge in [-0.2, -0.15) is 0 Å². The molecule has 0 spiro atoms. The normalized spacial score (nSPS) is 12.6. The number of ether oxygens (including phenoxy) is 1. The van der Waals surface area contributed by atoms with Gasteiger partial charge >= 0.3 is 0 Å². The van der Waals surface area contributed by atoms with E-state index >= 15 is 0 Å². The minimum Gasteiger partial charge on any atom is -0.491 e. The number of nitrogens with two attached hydrogens (primary N) is 1. The van der Waals surface area contributed by atoms with Gasteiger partial charge in [0.05, 0.1) is 6.10 Å². The van der Waals surface area contributed by atoms with Crippen molar-refractivity contribution >= 4 is 16.7 Å². The summed E-state index contributed by atoms with van der Waals surface area (Å²) < 4.78 is 5.61. The average molecular weight is 259 g/mol. The van der Waals surface area contributed by atoms with Gasteiger partial charge in [-0.3, -0.25) is 4.79 Å². The molecule has 2 aromatic carbocycles. The molecule has 0 fully saturated rings. The summed E-state index contributed by atoms with van der Waals surface area (Å²) in [5.74, 6) is 0.0461. The number of fused-ring (bicyclic) bond motifs is 1. The number of rotatable bonds is 4. The largest absolute Gasteiger partial charge is 0.491 e. The van der Waals surface area contributed by atoms with Gasteiger partial charge in [-0.25, -0.2) is 0 Å². The summed E-state index contributed by atoms with van der Waals surface area (Å²) in [7, 11) is 0. The summed E-state index contributed by atoms with van der Waals surface area (Å²) in [5.41, 5.74) is 5.58. The van der Waals surface area contributed by atoms with Crippen LogP contribution in [0.4, 0.5) is 0 Å². The second-order valence-electron chi connectivity index (χ2n) is 4.74. The molecule has 0 aliphatic heterocycles. The Hall–Kier alpha value is -2.07. The summed E-state index contributed by atoms with van der Waals surface area (Å²) in [6.45, 7) is 3.94. The number of hydrogen-bond donors (Lipinski definition) is 2. The van der Waals surface area contributed by atoms with E-state index in [-0.39, 0.29) is 6.10 Å². The third kappa shape index (κ3) is 3.03. The zero-order valence-corrected chi connectivity index (χ0v) is 11.0. The highest BCUT2D eigenvalue weighted by Gasteiger charge is 2.13. The monoisotopic (exact) mass is 259 g/mol. The van der Waals surface area contributed by atoms with Crippen molar-refractivity contribution in [1.29, 1.82) is 0 Å². The Bertz CT molecular complexity index is 607. The molecule has 100 valence electrons. The minimum absolute atomic E-state index is 0.119. The molecule has 2 rings (SSSR count). The van der Waals surface area contributed by atoms with E-state index in [1.165, 1.54) is 0 Å². The Kier molecular flexibility index (Phi) is 3.71. The highest BCUT2D eigenvalue weighted by molar-refractivity contribution is 5.87. The Morgan fingerprint density at radius 2 is 1.79 bits per heavy atom. The third-order valence-corrected chi connectivity index (χ3v) is 2.79. The molecule has 0 bridgehead atoms. The number of aliphatic hydroxyl groups is 1. The molecule has 0 radical (unpaired) electrons. The second kappa shape index (κ2) is 5.28. The average Bonchev–Trinajstić information content (AvgIpc) is 2.36. The summed E-state index contributed by atoms with van der Waals surface area (Å²) >= 11 is 0. The molecule has 0 heterocycles. The Balaban J connectivity index is 2.37. The van der Waals surface area contributed by atoms with Crippen LogP contribution in [-0.2, 0) is 4.79 Å². The molecule has 2 aromatic rings. The van der Waals surface area contributed by atoms with Crippen molar-refractivity contribution in [2.24, 2.45) is 5.73 Å². The number of primary amides is 1. The SMILES string of the molecule is CC(C)Oc1ccc2cc(C(O)C(N)=O)ccc2c1. The molecule has 3 N–H and O–H groups in total. The fourth-order valence-electron chi connectivity index (χ4n) is 1.92. The molecule has 0 aromatic heterocycles. The van der Waals surface area contributed by atoms with Gasteiger partial charge in [0.1, 0.15) is 5.75 Å². The first kappa shape index (κ1) is 13.4. The van der Waals surface area contributed by atoms with Crippen molar-refractivity contribution in [3.05, 3.63) is 42.0 Å². The molecule has 4 nitrogen and oxygen atoms in total. The number of benzene rings is 2. The van der Waals surface area contributed by atoms with Gasteiger partial charge in [0, 0.05) is 0 Å². The topological polar surface area (TPSA) is 72.6 Å². The fourth-order valence-corrected chi connectivity index (χ4v) is 1.92. The molecule has 19 heavy (non-hydrogen) atoms. The lowest BCUT2D eigenvalue weighted by Crippen LogP contribution is -2.20. The minimum atomic E-state index is -1.27. The number of amides is 1. The van der Waals surface area contributed by atoms with E-state index in [9.17, 15) is 9.90 Å². The Morgan fingerprint density at radius 3 is 2.42 bits per heavy atom. The third-order valence-electron chi connectivity index (χ3n) is 2.79. The van der Waals surface area contributed by atoms with E-state index in [0.29, 0.717) is 5.56 Å². The summed E-state index contributed by atoms with van der Waals surface area (Å²) in [4.78, 5) is 11.0. The van der Waals surface area contributed by atoms with Crippen molar-refractivity contribution in [1.82, 2.24) is 0 Å². The zero-order chi connectivity index (χ0) is 14.0. The molecule has 0 saturated heterocycles. The van der Waals surface area contributed by atoms with Crippen molar-refractivity contribution in [2.45, 2.75) is 26.1 Å². The van der Waals surface area contributed by atoms with Crippen LogP contribution in [0, 0.1) is 0 Å². The molecule has 4 heteroatoms. The fraction of sp³-hybridized carbons (Fsp3) is 0.267. The van der Waals surface area contributed by atoms with Crippen LogP contribution in [-0.4, -0.2) is 17.1 Å². The summed E-state index contributed by atoms with van der Waals surface area (Å²) in [5, 5.41) is 11.5. The van der Waals surface area contributed by atoms with Crippen LogP contribution in [0.2, 0.25) is 0 Å². The van der Waals surface area contributed by atoms with Gasteiger partial charge in [-0.1, -0.05) is 18.2 Å². The van der Waals surface area contributed by atoms with Crippen LogP contribution in [0.15, 0.2) is 36.4 Å². The standard InChI is InChI=1S/C15H17NO3/c1-9(2)19-13-6-5-10-7-12(14(17)15(16)18)4-3-11(10)8-13/h3-9,14,17H,1-2H3,(H2,16,18). The van der Waals surface area contributed by atoms with Crippen LogP contribution < -0.4 is 10.5 Å². The Morgan fingerprint density at radius 1 is 1.16 bits per heavy atom. The second-order valence-corrected chi connectivity index (χ2v) is 4.74. The summed E-state index contributed by atoms with van der Waals surface area (Å²) in [6.07, 6.45) is -1.15. The highest BCUT2D eigenvalue weighted by atomic mass is 16.5. The molecule has 1 atom stereocenters. The first-order valence-corrected chi connectivity index (χ1v) is 6.15. The van der Waals surface area contributed by atoms with Crippen LogP contribution >= 0.6 is 0 Å². The van der Waals surface area contributed by atoms with Gasteiger partial charge < -0.3 is 15.6 Å². The number of aliphatic hydroxyl groups excluding tert-OH is 1. The predicted octanol–water partition coefficient (Wildman–Crippen LogP) is 2.15. The maximum absolute atomic E-state index is 11.0. The first-order chi connectivity index (χ1) is 8.97. The van der Waals surface area contributed by atoms with Gasteiger partial charge in [-0.15, -0.1) is 0 Å². The van der Waals surface area contributed by atoms with Crippen molar-refractivity contribution in [3.8, 4) is 5.75 Å². The van der Waals surface area contributed by atoms with Crippen molar-refractivity contribution in [2.75, 3.05) is 0 Å². The highest BCUT2D eigenvalue weighted by Crippen LogP contribution is 2.25. The van der Waals surface area contributed by atoms with Crippen LogP contribution in [0.5, 0.6) is 5.75 Å². The maximum atomic E-state index is 11.0. The van der Waals surface area contributed by atoms with Crippen LogP contribution in [0.3, 0.4) is 0 Å². The zero-order valence-electron chi connectivity index (χ0n) is 11.0. The molecule has 0 aliphatic carbocycles. The van der Waals surface area contributed by atoms with Crippen LogP contribution in [0.1, 0.15) is 25.5 Å². The molecule has 0 aliphatic rings. The summed E-state index contributed by atoms with van der Waals surface area (Å²) in [6, 6.07) is 11.0. The van der Waals surface area contributed by atoms with Crippen LogP contribution in [0.25, 0.3) is 10.8 Å². The number of hydrogen-bond acceptors (Lipinski definition) is 3. The maximum Gasteiger partial charge on any atom is 0.250 e. The smallest absolute Gasteiger partial charge is 0.250 e. The van der Waals surface area contributed by atoms with Crippen molar-refractivity contribution < 1.29 is 14.6 Å². The number of carbonyl (C=O) groups is 1. The van der Waals surface area contributed by atoms with E-state index in [2.05, 4.69) is 0 Å². The molecule has 1 unspecified atom stereocenters. The molecule has 1 amide bonds. The van der Waals surface area contributed by atoms with E-state index in [1.54, 1.807) is 12.1 Å². The van der Waals surface area contributed by atoms with E-state index in [1.807, 2.05) is 38.1 Å². The van der Waals surface area contributed by atoms with Gasteiger partial charge in [0.15, 0.2) is 6.10 Å². The first-order valence-electron chi connectivity index (χ1n) is 6.15. The lowest BCUT2D eigenvalue weighted by atomic mass is 10.0. The van der Waals surface area contributed by atoms with E-state index in [4.69, 9.17) is 10.5 Å². The van der Waals surface area contributed by atoms with Crippen molar-refractivity contribution in [3.63, 3.8) is 0 Å². The quantitative estimate of drug-likeness (QED) is 0.883. The van der Waals surface area contributed by atoms with Gasteiger partial charge in [-0.05, 0) is 48.4 Å². The Labute approximate surface area is 111 Å². The lowest BCUT2D eigenvalue weighted by Gasteiger charge is -2.11. The molecule has 0 saturated carbocycles.